The summed E-state index contributed by atoms with van der Waals surface area (Å²) < 4.78 is 0. The van der Waals surface area contributed by atoms with Crippen molar-refractivity contribution in [2.75, 3.05) is 0 Å². The van der Waals surface area contributed by atoms with Crippen LogP contribution in [-0.2, 0) is 4.79 Å². The average molecular weight is 187 g/mol. The van der Waals surface area contributed by atoms with E-state index in [9.17, 15) is 4.79 Å². The molecule has 72 valence electrons. The second-order valence-electron chi connectivity index (χ2n) is 3.70. The van der Waals surface area contributed by atoms with Gasteiger partial charge in [0.2, 0.25) is 0 Å². The van der Waals surface area contributed by atoms with Crippen LogP contribution in [0.1, 0.15) is 24.3 Å². The van der Waals surface area contributed by atoms with Gasteiger partial charge in [0.25, 0.3) is 0 Å². The lowest BCUT2D eigenvalue weighted by Gasteiger charge is -2.20. The molecule has 2 rings (SSSR count). The summed E-state index contributed by atoms with van der Waals surface area (Å²) in [4.78, 5) is 11.3. The number of ketones is 1. The molecule has 2 nitrogen and oxygen atoms in total. The maximum atomic E-state index is 11.3. The Morgan fingerprint density at radius 2 is 1.86 bits per heavy atom. The molecule has 1 aliphatic carbocycles. The highest BCUT2D eigenvalue weighted by atomic mass is 16.1. The lowest BCUT2D eigenvalue weighted by Crippen LogP contribution is -2.16. The summed E-state index contributed by atoms with van der Waals surface area (Å²) in [5.41, 5.74) is 7.60. The Kier molecular flexibility index (Phi) is 2.35. The number of allylic oxidation sites excluding steroid dienone is 2. The molecule has 1 aromatic carbocycles. The molecule has 0 bridgehead atoms. The summed E-state index contributed by atoms with van der Waals surface area (Å²) in [7, 11) is 0. The highest BCUT2D eigenvalue weighted by molar-refractivity contribution is 5.91. The van der Waals surface area contributed by atoms with Crippen LogP contribution in [0.5, 0.6) is 0 Å². The molecule has 0 saturated carbocycles. The molecule has 1 aromatic rings. The number of carbonyl (C=O) groups is 1. The van der Waals surface area contributed by atoms with Crippen molar-refractivity contribution >= 4 is 5.78 Å². The largest absolute Gasteiger partial charge is 0.402 e. The molecule has 0 saturated heterocycles. The number of carbonyl (C=O) groups excluding carboxylic acids is 1. The molecule has 1 aliphatic rings. The first-order valence-electron chi connectivity index (χ1n) is 4.79. The van der Waals surface area contributed by atoms with Crippen LogP contribution in [0.2, 0.25) is 0 Å². The van der Waals surface area contributed by atoms with Gasteiger partial charge >= 0.3 is 0 Å². The van der Waals surface area contributed by atoms with E-state index >= 15 is 0 Å². The van der Waals surface area contributed by atoms with Crippen LogP contribution in [0.4, 0.5) is 0 Å². The molecule has 14 heavy (non-hydrogen) atoms. The van der Waals surface area contributed by atoms with E-state index in [2.05, 4.69) is 12.1 Å². The molecule has 2 N–H and O–H groups in total. The number of benzene rings is 1. The van der Waals surface area contributed by atoms with Crippen LogP contribution in [0.3, 0.4) is 0 Å². The molecule has 0 spiro atoms. The Labute approximate surface area is 83.4 Å². The number of hydrogen-bond acceptors (Lipinski definition) is 2. The van der Waals surface area contributed by atoms with Gasteiger partial charge < -0.3 is 5.73 Å². The zero-order valence-corrected chi connectivity index (χ0v) is 7.94. The third-order valence-electron chi connectivity index (χ3n) is 2.55. The van der Waals surface area contributed by atoms with Crippen molar-refractivity contribution in [3.8, 4) is 0 Å². The highest BCUT2D eigenvalue weighted by Gasteiger charge is 2.20. The minimum absolute atomic E-state index is 0.141. The van der Waals surface area contributed by atoms with Crippen LogP contribution in [-0.4, -0.2) is 5.78 Å². The monoisotopic (exact) mass is 187 g/mol. The Morgan fingerprint density at radius 3 is 2.50 bits per heavy atom. The van der Waals surface area contributed by atoms with Crippen LogP contribution >= 0.6 is 0 Å². The van der Waals surface area contributed by atoms with Crippen LogP contribution < -0.4 is 5.73 Å². The fourth-order valence-corrected chi connectivity index (χ4v) is 1.89. The first kappa shape index (κ1) is 9.00. The van der Waals surface area contributed by atoms with Gasteiger partial charge in [0.05, 0.1) is 0 Å². The molecule has 0 amide bonds. The van der Waals surface area contributed by atoms with Crippen LogP contribution in [0, 0.1) is 0 Å². The van der Waals surface area contributed by atoms with Crippen molar-refractivity contribution in [3.05, 3.63) is 47.7 Å². The van der Waals surface area contributed by atoms with Crippen LogP contribution in [0.25, 0.3) is 0 Å². The normalized spacial score (nSPS) is 21.9. The number of hydrogen-bond donors (Lipinski definition) is 1. The zero-order valence-electron chi connectivity index (χ0n) is 7.94. The van der Waals surface area contributed by atoms with Gasteiger partial charge in [0.1, 0.15) is 0 Å². The van der Waals surface area contributed by atoms with Crippen molar-refractivity contribution in [1.82, 2.24) is 0 Å². The summed E-state index contributed by atoms with van der Waals surface area (Å²) >= 11 is 0. The molecule has 0 fully saturated rings. The molecule has 1 atom stereocenters. The third-order valence-corrected chi connectivity index (χ3v) is 2.55. The number of rotatable bonds is 1. The molecule has 0 heterocycles. The molecule has 0 aliphatic heterocycles. The Bertz CT molecular complexity index is 367. The minimum Gasteiger partial charge on any atom is -0.402 e. The topological polar surface area (TPSA) is 43.1 Å². The van der Waals surface area contributed by atoms with E-state index in [1.54, 1.807) is 6.08 Å². The molecule has 1 unspecified atom stereocenters. The predicted molar refractivity (Wildman–Crippen MR) is 55.7 cm³/mol. The molecule has 2 heteroatoms. The van der Waals surface area contributed by atoms with Crippen molar-refractivity contribution in [2.24, 2.45) is 5.73 Å². The van der Waals surface area contributed by atoms with E-state index in [1.807, 2.05) is 18.2 Å². The van der Waals surface area contributed by atoms with Crippen molar-refractivity contribution in [1.29, 1.82) is 0 Å². The molecule has 0 radical (unpaired) electrons. The maximum Gasteiger partial charge on any atom is 0.158 e. The van der Waals surface area contributed by atoms with E-state index in [-0.39, 0.29) is 11.7 Å². The second kappa shape index (κ2) is 3.66. The van der Waals surface area contributed by atoms with Crippen molar-refractivity contribution in [2.45, 2.75) is 18.8 Å². The van der Waals surface area contributed by atoms with E-state index in [1.165, 1.54) is 5.56 Å². The SMILES string of the molecule is NC1=CC(=O)CC(c2ccccc2)C1. The summed E-state index contributed by atoms with van der Waals surface area (Å²) in [6.45, 7) is 0. The van der Waals surface area contributed by atoms with E-state index < -0.39 is 0 Å². The Balaban J connectivity index is 2.22. The molecular formula is C12H13NO. The first-order valence-corrected chi connectivity index (χ1v) is 4.79. The second-order valence-corrected chi connectivity index (χ2v) is 3.70. The van der Waals surface area contributed by atoms with Gasteiger partial charge in [-0.25, -0.2) is 0 Å². The van der Waals surface area contributed by atoms with Gasteiger partial charge in [0, 0.05) is 12.1 Å². The Hall–Kier alpha value is -1.57. The third kappa shape index (κ3) is 1.84. The van der Waals surface area contributed by atoms with Gasteiger partial charge in [0.15, 0.2) is 5.78 Å². The minimum atomic E-state index is 0.141. The Morgan fingerprint density at radius 1 is 1.14 bits per heavy atom. The van der Waals surface area contributed by atoms with Gasteiger partial charge in [-0.15, -0.1) is 0 Å². The van der Waals surface area contributed by atoms with Gasteiger partial charge in [-0.05, 0) is 24.0 Å². The predicted octanol–water partition coefficient (Wildman–Crippen LogP) is 1.98. The van der Waals surface area contributed by atoms with Gasteiger partial charge in [-0.2, -0.15) is 0 Å². The summed E-state index contributed by atoms with van der Waals surface area (Å²) in [5, 5.41) is 0. The summed E-state index contributed by atoms with van der Waals surface area (Å²) in [6, 6.07) is 10.1. The summed E-state index contributed by atoms with van der Waals surface area (Å²) in [5.74, 6) is 0.413. The summed E-state index contributed by atoms with van der Waals surface area (Å²) in [6.07, 6.45) is 2.94. The van der Waals surface area contributed by atoms with Crippen molar-refractivity contribution < 1.29 is 4.79 Å². The first-order chi connectivity index (χ1) is 6.75. The fourth-order valence-electron chi connectivity index (χ4n) is 1.89. The maximum absolute atomic E-state index is 11.3. The lowest BCUT2D eigenvalue weighted by molar-refractivity contribution is -0.115. The van der Waals surface area contributed by atoms with E-state index in [4.69, 9.17) is 5.73 Å². The molecule has 0 aromatic heterocycles. The standard InChI is InChI=1S/C12H13NO/c13-11-6-10(7-12(14)8-11)9-4-2-1-3-5-9/h1-5,8,10H,6-7,13H2. The molecular weight excluding hydrogens is 174 g/mol. The average Bonchev–Trinajstić information content (AvgIpc) is 2.18. The van der Waals surface area contributed by atoms with Gasteiger partial charge in [-0.3, -0.25) is 4.79 Å². The van der Waals surface area contributed by atoms with E-state index in [0.717, 1.165) is 6.42 Å². The quantitative estimate of drug-likeness (QED) is 0.730. The lowest BCUT2D eigenvalue weighted by atomic mass is 9.86. The van der Waals surface area contributed by atoms with Crippen LogP contribution in [0.15, 0.2) is 42.1 Å². The highest BCUT2D eigenvalue weighted by Crippen LogP contribution is 2.29. The van der Waals surface area contributed by atoms with E-state index in [0.29, 0.717) is 12.1 Å². The van der Waals surface area contributed by atoms with Gasteiger partial charge in [-0.1, -0.05) is 30.3 Å². The smallest absolute Gasteiger partial charge is 0.158 e. The van der Waals surface area contributed by atoms with Crippen molar-refractivity contribution in [3.63, 3.8) is 0 Å². The zero-order chi connectivity index (χ0) is 9.97. The fraction of sp³-hybridized carbons (Fsp3) is 0.250. The number of nitrogens with two attached hydrogens (primary N) is 1.